The van der Waals surface area contributed by atoms with Crippen molar-refractivity contribution < 1.29 is 9.52 Å². The van der Waals surface area contributed by atoms with Gasteiger partial charge in [0.2, 0.25) is 0 Å². The van der Waals surface area contributed by atoms with Crippen molar-refractivity contribution in [2.45, 2.75) is 32.2 Å². The monoisotopic (exact) mass is 380 g/mol. The maximum atomic E-state index is 10.4. The summed E-state index contributed by atoms with van der Waals surface area (Å²) >= 11 is 0. The highest BCUT2D eigenvalue weighted by atomic mass is 16.3. The van der Waals surface area contributed by atoms with Gasteiger partial charge in [-0.1, -0.05) is 18.2 Å². The number of aliphatic hydroxyl groups is 1. The molecule has 2 aromatic heterocycles. The predicted molar refractivity (Wildman–Crippen MR) is 109 cm³/mol. The van der Waals surface area contributed by atoms with Gasteiger partial charge in [0, 0.05) is 38.3 Å². The Bertz CT molecular complexity index is 901. The molecule has 0 bridgehead atoms. The van der Waals surface area contributed by atoms with Gasteiger partial charge < -0.3 is 14.4 Å². The number of aryl methyl sites for hydroxylation is 1. The van der Waals surface area contributed by atoms with Crippen LogP contribution in [0.15, 0.2) is 53.1 Å². The van der Waals surface area contributed by atoms with Gasteiger partial charge in [-0.2, -0.15) is 5.10 Å². The standard InChI is InChI=1S/C22H28N4O2/c1-24(2)16-21(27)20-13-19-15-25(9-5-10-26(19)23-20)14-17-6-3-7-18(12-17)22-8-4-11-28-22/h3-4,6-8,11-13,21,27H,5,9-10,14-16H2,1-2H3. The lowest BCUT2D eigenvalue weighted by Gasteiger charge is -2.20. The average molecular weight is 380 g/mol. The molecule has 0 spiro atoms. The zero-order valence-corrected chi connectivity index (χ0v) is 16.6. The van der Waals surface area contributed by atoms with Crippen LogP contribution in [0.25, 0.3) is 11.3 Å². The number of aliphatic hydroxyl groups excluding tert-OH is 1. The highest BCUT2D eigenvalue weighted by molar-refractivity contribution is 5.58. The SMILES string of the molecule is CN(C)CC(O)c1cc2n(n1)CCCN(Cc1cccc(-c3ccco3)c1)C2. The summed E-state index contributed by atoms with van der Waals surface area (Å²) < 4.78 is 7.59. The summed E-state index contributed by atoms with van der Waals surface area (Å²) in [4.78, 5) is 4.43. The minimum atomic E-state index is -0.548. The fourth-order valence-electron chi connectivity index (χ4n) is 3.81. The van der Waals surface area contributed by atoms with Crippen LogP contribution in [0.3, 0.4) is 0 Å². The number of hydrogen-bond donors (Lipinski definition) is 1. The molecule has 1 unspecified atom stereocenters. The number of furan rings is 1. The van der Waals surface area contributed by atoms with Gasteiger partial charge in [-0.15, -0.1) is 0 Å². The molecule has 28 heavy (non-hydrogen) atoms. The second-order valence-electron chi connectivity index (χ2n) is 7.80. The first-order valence-corrected chi connectivity index (χ1v) is 9.83. The molecule has 3 heterocycles. The van der Waals surface area contributed by atoms with Crippen molar-refractivity contribution in [2.75, 3.05) is 27.2 Å². The molecular weight excluding hydrogens is 352 g/mol. The Hall–Kier alpha value is -2.41. The van der Waals surface area contributed by atoms with Crippen LogP contribution in [0, 0.1) is 0 Å². The van der Waals surface area contributed by atoms with Gasteiger partial charge in [0.25, 0.3) is 0 Å². The van der Waals surface area contributed by atoms with Gasteiger partial charge >= 0.3 is 0 Å². The topological polar surface area (TPSA) is 57.7 Å². The van der Waals surface area contributed by atoms with E-state index in [1.807, 2.05) is 31.1 Å². The van der Waals surface area contributed by atoms with Crippen LogP contribution in [-0.4, -0.2) is 51.9 Å². The first-order valence-electron chi connectivity index (χ1n) is 9.83. The quantitative estimate of drug-likeness (QED) is 0.712. The molecule has 148 valence electrons. The van der Waals surface area contributed by atoms with Gasteiger partial charge in [0.05, 0.1) is 17.7 Å². The molecule has 0 saturated carbocycles. The molecule has 0 amide bonds. The van der Waals surface area contributed by atoms with E-state index in [0.717, 1.165) is 49.6 Å². The Kier molecular flexibility index (Phi) is 5.62. The summed E-state index contributed by atoms with van der Waals surface area (Å²) in [6.45, 7) is 4.23. The molecule has 0 radical (unpaired) electrons. The molecule has 4 rings (SSSR count). The van der Waals surface area contributed by atoms with E-state index >= 15 is 0 Å². The van der Waals surface area contributed by atoms with Crippen molar-refractivity contribution in [1.29, 1.82) is 0 Å². The lowest BCUT2D eigenvalue weighted by Crippen LogP contribution is -2.23. The zero-order valence-electron chi connectivity index (χ0n) is 16.6. The Balaban J connectivity index is 1.47. The number of likely N-dealkylation sites (N-methyl/N-ethyl adjacent to an activating group) is 1. The molecule has 1 aliphatic rings. The van der Waals surface area contributed by atoms with E-state index in [4.69, 9.17) is 4.42 Å². The molecule has 0 fully saturated rings. The van der Waals surface area contributed by atoms with Crippen LogP contribution in [-0.2, 0) is 19.6 Å². The summed E-state index contributed by atoms with van der Waals surface area (Å²) in [6, 6.07) is 14.5. The Labute approximate surface area is 166 Å². The van der Waals surface area contributed by atoms with Crippen LogP contribution in [0.4, 0.5) is 0 Å². The second kappa shape index (κ2) is 8.31. The smallest absolute Gasteiger partial charge is 0.133 e. The third-order valence-corrected chi connectivity index (χ3v) is 5.13. The van der Waals surface area contributed by atoms with Crippen molar-refractivity contribution in [3.05, 3.63) is 65.7 Å². The van der Waals surface area contributed by atoms with Gasteiger partial charge in [0.15, 0.2) is 0 Å². The predicted octanol–water partition coefficient (Wildman–Crippen LogP) is 3.14. The Morgan fingerprint density at radius 1 is 1.18 bits per heavy atom. The number of rotatable bonds is 6. The van der Waals surface area contributed by atoms with E-state index < -0.39 is 6.10 Å². The second-order valence-corrected chi connectivity index (χ2v) is 7.80. The van der Waals surface area contributed by atoms with E-state index in [2.05, 4.69) is 45.0 Å². The molecule has 0 saturated heterocycles. The molecule has 3 aromatic rings. The normalized spacial score (nSPS) is 16.1. The van der Waals surface area contributed by atoms with Crippen LogP contribution >= 0.6 is 0 Å². The summed E-state index contributed by atoms with van der Waals surface area (Å²) in [7, 11) is 3.92. The van der Waals surface area contributed by atoms with Crippen molar-refractivity contribution >= 4 is 0 Å². The van der Waals surface area contributed by atoms with E-state index in [0.29, 0.717) is 6.54 Å². The van der Waals surface area contributed by atoms with Crippen LogP contribution in [0.5, 0.6) is 0 Å². The zero-order chi connectivity index (χ0) is 19.5. The van der Waals surface area contributed by atoms with Crippen molar-refractivity contribution in [2.24, 2.45) is 0 Å². The third kappa shape index (κ3) is 4.35. The highest BCUT2D eigenvalue weighted by Crippen LogP contribution is 2.23. The maximum Gasteiger partial charge on any atom is 0.133 e. The first-order chi connectivity index (χ1) is 13.6. The van der Waals surface area contributed by atoms with Crippen LogP contribution in [0.2, 0.25) is 0 Å². The van der Waals surface area contributed by atoms with Crippen LogP contribution in [0.1, 0.15) is 29.5 Å². The molecule has 1 N–H and O–H groups in total. The molecule has 6 heteroatoms. The molecule has 1 atom stereocenters. The fraction of sp³-hybridized carbons (Fsp3) is 0.409. The van der Waals surface area contributed by atoms with E-state index in [9.17, 15) is 5.11 Å². The maximum absolute atomic E-state index is 10.4. The fourth-order valence-corrected chi connectivity index (χ4v) is 3.81. The van der Waals surface area contributed by atoms with Crippen molar-refractivity contribution in [1.82, 2.24) is 19.6 Å². The van der Waals surface area contributed by atoms with Crippen LogP contribution < -0.4 is 0 Å². The number of aromatic nitrogens is 2. The Morgan fingerprint density at radius 3 is 2.86 bits per heavy atom. The van der Waals surface area contributed by atoms with Gasteiger partial charge in [0.1, 0.15) is 11.9 Å². The number of fused-ring (bicyclic) bond motifs is 1. The van der Waals surface area contributed by atoms with Gasteiger partial charge in [-0.3, -0.25) is 9.58 Å². The minimum Gasteiger partial charge on any atom is -0.464 e. The number of hydrogen-bond acceptors (Lipinski definition) is 5. The lowest BCUT2D eigenvalue weighted by molar-refractivity contribution is 0.133. The van der Waals surface area contributed by atoms with Gasteiger partial charge in [-0.05, 0) is 50.3 Å². The number of nitrogens with zero attached hydrogens (tertiary/aromatic N) is 4. The lowest BCUT2D eigenvalue weighted by atomic mass is 10.1. The summed E-state index contributed by atoms with van der Waals surface area (Å²) in [5, 5.41) is 15.0. The molecule has 6 nitrogen and oxygen atoms in total. The first kappa shape index (κ1) is 18.9. The minimum absolute atomic E-state index is 0.548. The van der Waals surface area contributed by atoms with E-state index in [1.54, 1.807) is 6.26 Å². The Morgan fingerprint density at radius 2 is 2.07 bits per heavy atom. The molecule has 1 aliphatic heterocycles. The summed E-state index contributed by atoms with van der Waals surface area (Å²) in [6.07, 6.45) is 2.21. The van der Waals surface area contributed by atoms with Crippen molar-refractivity contribution in [3.8, 4) is 11.3 Å². The highest BCUT2D eigenvalue weighted by Gasteiger charge is 2.20. The summed E-state index contributed by atoms with van der Waals surface area (Å²) in [5.41, 5.74) is 4.32. The van der Waals surface area contributed by atoms with Gasteiger partial charge in [-0.25, -0.2) is 0 Å². The molecule has 1 aromatic carbocycles. The molecule has 0 aliphatic carbocycles. The van der Waals surface area contributed by atoms with Crippen molar-refractivity contribution in [3.63, 3.8) is 0 Å². The summed E-state index contributed by atoms with van der Waals surface area (Å²) in [5.74, 6) is 0.898. The number of benzene rings is 1. The third-order valence-electron chi connectivity index (χ3n) is 5.13. The van der Waals surface area contributed by atoms with E-state index in [1.165, 1.54) is 11.3 Å². The average Bonchev–Trinajstić information content (AvgIpc) is 3.29. The molecular formula is C22H28N4O2. The largest absolute Gasteiger partial charge is 0.464 e. The van der Waals surface area contributed by atoms with E-state index in [-0.39, 0.29) is 0 Å².